The van der Waals surface area contributed by atoms with Crippen molar-refractivity contribution in [1.82, 2.24) is 14.9 Å². The molecule has 2 aliphatic rings. The minimum Gasteiger partial charge on any atom is -0.361 e. The molecule has 2 aliphatic heterocycles. The topological polar surface area (TPSA) is 82.7 Å². The van der Waals surface area contributed by atoms with Crippen molar-refractivity contribution < 1.29 is 0 Å². The zero-order chi connectivity index (χ0) is 21.2. The Bertz CT molecular complexity index is 1150. The molecule has 3 aromatic rings. The smallest absolute Gasteiger partial charge is 0.147 e. The van der Waals surface area contributed by atoms with Crippen LogP contribution in [0.2, 0.25) is 0 Å². The first-order chi connectivity index (χ1) is 15.3. The van der Waals surface area contributed by atoms with Crippen LogP contribution in [0.5, 0.6) is 0 Å². The molecule has 156 valence electrons. The summed E-state index contributed by atoms with van der Waals surface area (Å²) in [7, 11) is 0. The number of nitrogens with zero attached hydrogens (tertiary/aromatic N) is 5. The van der Waals surface area contributed by atoms with Crippen LogP contribution in [-0.2, 0) is 6.42 Å². The van der Waals surface area contributed by atoms with Gasteiger partial charge in [-0.2, -0.15) is 10.5 Å². The van der Waals surface area contributed by atoms with Crippen LogP contribution in [0.1, 0.15) is 42.4 Å². The van der Waals surface area contributed by atoms with E-state index in [-0.39, 0.29) is 0 Å². The van der Waals surface area contributed by atoms with Crippen molar-refractivity contribution in [2.75, 3.05) is 24.5 Å². The number of aryl methyl sites for hydroxylation is 1. The summed E-state index contributed by atoms with van der Waals surface area (Å²) in [4.78, 5) is 12.9. The number of pyridine rings is 1. The van der Waals surface area contributed by atoms with Crippen molar-refractivity contribution in [3.8, 4) is 12.1 Å². The van der Waals surface area contributed by atoms with Gasteiger partial charge in [-0.05, 0) is 74.5 Å². The summed E-state index contributed by atoms with van der Waals surface area (Å²) >= 11 is 0. The molecule has 2 fully saturated rings. The second-order valence-corrected chi connectivity index (χ2v) is 8.68. The normalized spacial score (nSPS) is 20.6. The Hall–Kier alpha value is -3.35. The highest BCUT2D eigenvalue weighted by molar-refractivity contribution is 5.84. The van der Waals surface area contributed by atoms with Gasteiger partial charge in [0.05, 0.1) is 17.2 Å². The van der Waals surface area contributed by atoms with Crippen LogP contribution < -0.4 is 4.90 Å². The lowest BCUT2D eigenvalue weighted by atomic mass is 10.0. The Kier molecular flexibility index (Phi) is 5.32. The van der Waals surface area contributed by atoms with E-state index in [1.165, 1.54) is 23.8 Å². The molecular formula is C25H26N6. The van der Waals surface area contributed by atoms with Crippen molar-refractivity contribution >= 4 is 16.7 Å². The maximum atomic E-state index is 9.47. The van der Waals surface area contributed by atoms with E-state index in [4.69, 9.17) is 5.26 Å². The summed E-state index contributed by atoms with van der Waals surface area (Å²) in [5, 5.41) is 19.8. The molecule has 2 atom stereocenters. The molecule has 2 unspecified atom stereocenters. The number of benzene rings is 1. The fourth-order valence-corrected chi connectivity index (χ4v) is 5.31. The molecule has 0 radical (unpaired) electrons. The third-order valence-corrected chi connectivity index (χ3v) is 6.78. The summed E-state index contributed by atoms with van der Waals surface area (Å²) in [6.45, 7) is 3.22. The van der Waals surface area contributed by atoms with E-state index in [2.05, 4.69) is 38.1 Å². The van der Waals surface area contributed by atoms with Gasteiger partial charge in [0.15, 0.2) is 0 Å². The quantitative estimate of drug-likeness (QED) is 0.622. The minimum atomic E-state index is 0.457. The molecule has 0 spiro atoms. The van der Waals surface area contributed by atoms with Gasteiger partial charge >= 0.3 is 0 Å². The van der Waals surface area contributed by atoms with E-state index < -0.39 is 0 Å². The van der Waals surface area contributed by atoms with Crippen molar-refractivity contribution in [1.29, 1.82) is 10.5 Å². The first-order valence-corrected chi connectivity index (χ1v) is 11.1. The summed E-state index contributed by atoms with van der Waals surface area (Å²) in [5.41, 5.74) is 3.81. The number of aromatic nitrogens is 2. The van der Waals surface area contributed by atoms with E-state index in [0.29, 0.717) is 23.2 Å². The van der Waals surface area contributed by atoms with Crippen LogP contribution in [0, 0.1) is 22.7 Å². The van der Waals surface area contributed by atoms with Crippen molar-refractivity contribution in [3.63, 3.8) is 0 Å². The number of fused-ring (bicyclic) bond motifs is 3. The first kappa shape index (κ1) is 19.6. The monoisotopic (exact) mass is 410 g/mol. The van der Waals surface area contributed by atoms with Gasteiger partial charge < -0.3 is 9.88 Å². The van der Waals surface area contributed by atoms with Crippen molar-refractivity contribution in [2.45, 2.75) is 44.2 Å². The summed E-state index contributed by atoms with van der Waals surface area (Å²) in [5.74, 6) is 0.869. The van der Waals surface area contributed by atoms with Crippen LogP contribution in [0.3, 0.4) is 0 Å². The number of rotatable bonds is 6. The number of unbranched alkanes of at least 4 members (excludes halogenated alkanes) is 1. The number of H-pyrrole nitrogens is 1. The standard InChI is InChI=1S/C25H26N6/c26-13-18-6-9-24-23(12-18)20(15-29-24)4-1-2-11-30-16-21-7-8-22(17-30)31(21)25-19(14-27)5-3-10-28-25/h3,5-6,9-10,12,15,21-22,29H,1-2,4,7-8,11,16-17H2. The zero-order valence-electron chi connectivity index (χ0n) is 17.6. The number of nitriles is 2. The number of piperazine rings is 1. The summed E-state index contributed by atoms with van der Waals surface area (Å²) in [6.07, 6.45) is 9.57. The van der Waals surface area contributed by atoms with E-state index in [1.54, 1.807) is 6.20 Å². The number of hydrogen-bond acceptors (Lipinski definition) is 5. The minimum absolute atomic E-state index is 0.457. The SMILES string of the molecule is N#Cc1ccc2[nH]cc(CCCCN3CC4CCC(C3)N4c3ncccc3C#N)c2c1. The Labute approximate surface area is 182 Å². The highest BCUT2D eigenvalue weighted by atomic mass is 15.3. The summed E-state index contributed by atoms with van der Waals surface area (Å²) in [6, 6.07) is 15.0. The maximum Gasteiger partial charge on any atom is 0.147 e. The molecule has 1 N–H and O–H groups in total. The van der Waals surface area contributed by atoms with Gasteiger partial charge in [0.25, 0.3) is 0 Å². The van der Waals surface area contributed by atoms with E-state index in [0.717, 1.165) is 50.2 Å². The number of aromatic amines is 1. The molecule has 4 heterocycles. The predicted octanol–water partition coefficient (Wildman–Crippen LogP) is 3.98. The second kappa shape index (κ2) is 8.41. The van der Waals surface area contributed by atoms with Crippen LogP contribution in [0.25, 0.3) is 10.9 Å². The molecule has 2 aromatic heterocycles. The Morgan fingerprint density at radius 1 is 1.06 bits per heavy atom. The number of nitrogens with one attached hydrogen (secondary N) is 1. The van der Waals surface area contributed by atoms with Crippen LogP contribution in [0.15, 0.2) is 42.7 Å². The average Bonchev–Trinajstić information content (AvgIpc) is 3.33. The molecule has 6 heteroatoms. The van der Waals surface area contributed by atoms with Crippen LogP contribution in [-0.4, -0.2) is 46.6 Å². The highest BCUT2D eigenvalue weighted by Gasteiger charge is 2.41. The zero-order valence-corrected chi connectivity index (χ0v) is 17.6. The predicted molar refractivity (Wildman–Crippen MR) is 121 cm³/mol. The Morgan fingerprint density at radius 2 is 1.90 bits per heavy atom. The molecule has 6 nitrogen and oxygen atoms in total. The van der Waals surface area contributed by atoms with Gasteiger partial charge in [-0.25, -0.2) is 4.98 Å². The van der Waals surface area contributed by atoms with Crippen LogP contribution in [0.4, 0.5) is 5.82 Å². The molecule has 2 saturated heterocycles. The number of anilines is 1. The Balaban J connectivity index is 1.17. The van der Waals surface area contributed by atoms with Gasteiger partial charge in [0.1, 0.15) is 11.9 Å². The third-order valence-electron chi connectivity index (χ3n) is 6.78. The third kappa shape index (κ3) is 3.76. The fourth-order valence-electron chi connectivity index (χ4n) is 5.31. The lowest BCUT2D eigenvalue weighted by Crippen LogP contribution is -2.54. The molecular weight excluding hydrogens is 384 g/mol. The highest BCUT2D eigenvalue weighted by Crippen LogP contribution is 2.35. The van der Waals surface area contributed by atoms with E-state index in [9.17, 15) is 5.26 Å². The molecule has 2 bridgehead atoms. The fraction of sp³-hybridized carbons (Fsp3) is 0.400. The maximum absolute atomic E-state index is 9.47. The molecule has 0 aliphatic carbocycles. The molecule has 31 heavy (non-hydrogen) atoms. The second-order valence-electron chi connectivity index (χ2n) is 8.68. The molecule has 5 rings (SSSR count). The van der Waals surface area contributed by atoms with Crippen molar-refractivity contribution in [3.05, 3.63) is 59.4 Å². The van der Waals surface area contributed by atoms with Gasteiger partial charge in [-0.3, -0.25) is 4.90 Å². The van der Waals surface area contributed by atoms with Gasteiger partial charge in [0.2, 0.25) is 0 Å². The van der Waals surface area contributed by atoms with Gasteiger partial charge in [-0.15, -0.1) is 0 Å². The average molecular weight is 411 g/mol. The number of hydrogen-bond donors (Lipinski definition) is 1. The van der Waals surface area contributed by atoms with Crippen molar-refractivity contribution in [2.24, 2.45) is 0 Å². The lowest BCUT2D eigenvalue weighted by molar-refractivity contribution is 0.215. The van der Waals surface area contributed by atoms with E-state index >= 15 is 0 Å². The molecule has 1 aromatic carbocycles. The largest absolute Gasteiger partial charge is 0.361 e. The summed E-state index contributed by atoms with van der Waals surface area (Å²) < 4.78 is 0. The van der Waals surface area contributed by atoms with E-state index in [1.807, 2.05) is 30.3 Å². The molecule has 0 saturated carbocycles. The van der Waals surface area contributed by atoms with Gasteiger partial charge in [0, 0.05) is 48.5 Å². The number of likely N-dealkylation sites (tertiary alicyclic amines) is 1. The first-order valence-electron chi connectivity index (χ1n) is 11.1. The Morgan fingerprint density at radius 3 is 2.68 bits per heavy atom. The van der Waals surface area contributed by atoms with Crippen LogP contribution >= 0.6 is 0 Å². The molecule has 0 amide bonds. The lowest BCUT2D eigenvalue weighted by Gasteiger charge is -2.42. The van der Waals surface area contributed by atoms with Gasteiger partial charge in [-0.1, -0.05) is 0 Å².